The van der Waals surface area contributed by atoms with Crippen LogP contribution in [0.15, 0.2) is 47.5 Å². The SMILES string of the molecule is COc1cccc(NC(N)=NCc2ccc(N3CCCS3(=O)=O)c(F)c2)c1. The normalized spacial score (nSPS) is 16.4. The van der Waals surface area contributed by atoms with Gasteiger partial charge in [0.15, 0.2) is 5.96 Å². The van der Waals surface area contributed by atoms with Gasteiger partial charge in [-0.15, -0.1) is 0 Å². The highest BCUT2D eigenvalue weighted by Gasteiger charge is 2.30. The van der Waals surface area contributed by atoms with Crippen molar-refractivity contribution in [1.29, 1.82) is 0 Å². The first-order valence-electron chi connectivity index (χ1n) is 8.39. The lowest BCUT2D eigenvalue weighted by molar-refractivity contribution is 0.415. The Hall–Kier alpha value is -2.81. The predicted molar refractivity (Wildman–Crippen MR) is 104 cm³/mol. The Bertz CT molecular complexity index is 963. The first kappa shape index (κ1) is 19.0. The zero-order chi connectivity index (χ0) is 19.4. The van der Waals surface area contributed by atoms with Crippen molar-refractivity contribution in [2.45, 2.75) is 13.0 Å². The summed E-state index contributed by atoms with van der Waals surface area (Å²) in [7, 11) is -1.84. The van der Waals surface area contributed by atoms with E-state index in [9.17, 15) is 12.8 Å². The van der Waals surface area contributed by atoms with E-state index < -0.39 is 15.8 Å². The van der Waals surface area contributed by atoms with E-state index in [0.717, 1.165) is 9.99 Å². The summed E-state index contributed by atoms with van der Waals surface area (Å²) in [6, 6.07) is 11.6. The molecule has 0 aromatic heterocycles. The maximum atomic E-state index is 14.4. The van der Waals surface area contributed by atoms with Gasteiger partial charge in [0.1, 0.15) is 11.6 Å². The van der Waals surface area contributed by atoms with Crippen molar-refractivity contribution in [3.63, 3.8) is 0 Å². The Balaban J connectivity index is 1.68. The number of benzene rings is 2. The summed E-state index contributed by atoms with van der Waals surface area (Å²) in [5.74, 6) is 0.315. The summed E-state index contributed by atoms with van der Waals surface area (Å²) in [5.41, 5.74) is 7.24. The Morgan fingerprint density at radius 1 is 1.33 bits per heavy atom. The van der Waals surface area contributed by atoms with Crippen LogP contribution in [0.4, 0.5) is 15.8 Å². The Kier molecular flexibility index (Phi) is 5.50. The second-order valence-corrected chi connectivity index (χ2v) is 8.10. The van der Waals surface area contributed by atoms with E-state index in [0.29, 0.717) is 24.3 Å². The molecule has 1 aliphatic rings. The third kappa shape index (κ3) is 4.48. The van der Waals surface area contributed by atoms with Gasteiger partial charge in [0.2, 0.25) is 10.0 Å². The van der Waals surface area contributed by atoms with Gasteiger partial charge in [-0.25, -0.2) is 17.8 Å². The van der Waals surface area contributed by atoms with Crippen molar-refractivity contribution < 1.29 is 17.5 Å². The van der Waals surface area contributed by atoms with E-state index in [4.69, 9.17) is 10.5 Å². The molecule has 0 spiro atoms. The highest BCUT2D eigenvalue weighted by Crippen LogP contribution is 2.27. The number of guanidine groups is 1. The number of ether oxygens (including phenoxy) is 1. The molecule has 0 radical (unpaired) electrons. The maximum absolute atomic E-state index is 14.4. The molecule has 1 saturated heterocycles. The minimum atomic E-state index is -3.42. The van der Waals surface area contributed by atoms with Crippen molar-refractivity contribution in [2.24, 2.45) is 10.7 Å². The molecule has 1 aliphatic heterocycles. The predicted octanol–water partition coefficient (Wildman–Crippen LogP) is 2.30. The molecule has 9 heteroatoms. The summed E-state index contributed by atoms with van der Waals surface area (Å²) in [4.78, 5) is 4.19. The van der Waals surface area contributed by atoms with Crippen molar-refractivity contribution in [2.75, 3.05) is 29.0 Å². The average Bonchev–Trinajstić information content (AvgIpc) is 2.99. The van der Waals surface area contributed by atoms with Crippen LogP contribution in [0.5, 0.6) is 5.75 Å². The molecule has 0 bridgehead atoms. The molecule has 3 rings (SSSR count). The summed E-state index contributed by atoms with van der Waals surface area (Å²) >= 11 is 0. The van der Waals surface area contributed by atoms with Crippen molar-refractivity contribution in [3.05, 3.63) is 53.8 Å². The number of sulfonamides is 1. The number of aliphatic imine (C=N–C) groups is 1. The lowest BCUT2D eigenvalue weighted by atomic mass is 10.2. The van der Waals surface area contributed by atoms with Gasteiger partial charge in [-0.1, -0.05) is 12.1 Å². The number of hydrogen-bond donors (Lipinski definition) is 2. The number of nitrogens with zero attached hydrogens (tertiary/aromatic N) is 2. The van der Waals surface area contributed by atoms with E-state index in [1.54, 1.807) is 19.2 Å². The molecule has 144 valence electrons. The van der Waals surface area contributed by atoms with Gasteiger partial charge in [-0.05, 0) is 36.2 Å². The van der Waals surface area contributed by atoms with E-state index in [1.165, 1.54) is 12.1 Å². The van der Waals surface area contributed by atoms with Crippen LogP contribution >= 0.6 is 0 Å². The third-order valence-corrected chi connectivity index (χ3v) is 6.01. The van der Waals surface area contributed by atoms with Gasteiger partial charge in [0.25, 0.3) is 0 Å². The lowest BCUT2D eigenvalue weighted by Crippen LogP contribution is -2.26. The summed E-state index contributed by atoms with van der Waals surface area (Å²) in [6.45, 7) is 0.459. The number of nitrogens with one attached hydrogen (secondary N) is 1. The molecular formula is C18H21FN4O3S. The second kappa shape index (κ2) is 7.83. The Morgan fingerprint density at radius 3 is 2.81 bits per heavy atom. The molecule has 0 unspecified atom stereocenters. The average molecular weight is 392 g/mol. The van der Waals surface area contributed by atoms with Crippen molar-refractivity contribution >= 4 is 27.4 Å². The minimum absolute atomic E-state index is 0.0466. The fourth-order valence-electron chi connectivity index (χ4n) is 2.83. The smallest absolute Gasteiger partial charge is 0.235 e. The third-order valence-electron chi connectivity index (χ3n) is 4.15. The van der Waals surface area contributed by atoms with Gasteiger partial charge in [-0.3, -0.25) is 4.31 Å². The number of nitrogens with two attached hydrogens (primary N) is 1. The molecule has 2 aromatic carbocycles. The molecule has 2 aromatic rings. The van der Waals surface area contributed by atoms with Gasteiger partial charge in [0, 0.05) is 18.3 Å². The fourth-order valence-corrected chi connectivity index (χ4v) is 4.40. The van der Waals surface area contributed by atoms with E-state index in [-0.39, 0.29) is 23.9 Å². The maximum Gasteiger partial charge on any atom is 0.235 e. The number of halogens is 1. The number of rotatable bonds is 5. The highest BCUT2D eigenvalue weighted by atomic mass is 32.2. The molecule has 0 atom stereocenters. The van der Waals surface area contributed by atoms with Crippen LogP contribution in [0.25, 0.3) is 0 Å². The number of anilines is 2. The number of methoxy groups -OCH3 is 1. The summed E-state index contributed by atoms with van der Waals surface area (Å²) in [5, 5.41) is 2.93. The summed E-state index contributed by atoms with van der Waals surface area (Å²) < 4.78 is 44.5. The molecular weight excluding hydrogens is 371 g/mol. The van der Waals surface area contributed by atoms with E-state index >= 15 is 0 Å². The van der Waals surface area contributed by atoms with Crippen LogP contribution in [0.3, 0.4) is 0 Å². The molecule has 7 nitrogen and oxygen atoms in total. The molecule has 0 amide bonds. The van der Waals surface area contributed by atoms with Gasteiger partial charge >= 0.3 is 0 Å². The van der Waals surface area contributed by atoms with Crippen LogP contribution in [0.1, 0.15) is 12.0 Å². The lowest BCUT2D eigenvalue weighted by Gasteiger charge is -2.17. The first-order valence-corrected chi connectivity index (χ1v) is 10.00. The van der Waals surface area contributed by atoms with Crippen molar-refractivity contribution in [3.8, 4) is 5.75 Å². The summed E-state index contributed by atoms with van der Waals surface area (Å²) in [6.07, 6.45) is 0.500. The topological polar surface area (TPSA) is 97.0 Å². The van der Waals surface area contributed by atoms with Crippen molar-refractivity contribution in [1.82, 2.24) is 0 Å². The standard InChI is InChI=1S/C18H21FN4O3S/c1-26-15-5-2-4-14(11-15)22-18(20)21-12-13-6-7-17(16(19)10-13)23-8-3-9-27(23,24)25/h2,4-7,10-11H,3,8-9,12H2,1H3,(H3,20,21,22). The quantitative estimate of drug-likeness (QED) is 0.601. The Labute approximate surface area is 157 Å². The molecule has 0 saturated carbocycles. The van der Waals surface area contributed by atoms with Crippen LogP contribution in [0, 0.1) is 5.82 Å². The largest absolute Gasteiger partial charge is 0.497 e. The number of hydrogen-bond acceptors (Lipinski definition) is 4. The fraction of sp³-hybridized carbons (Fsp3) is 0.278. The van der Waals surface area contributed by atoms with Crippen LogP contribution in [0.2, 0.25) is 0 Å². The van der Waals surface area contributed by atoms with Crippen LogP contribution < -0.4 is 20.1 Å². The molecule has 0 aliphatic carbocycles. The van der Waals surface area contributed by atoms with Crippen LogP contribution in [-0.2, 0) is 16.6 Å². The molecule has 1 heterocycles. The van der Waals surface area contributed by atoms with Gasteiger partial charge < -0.3 is 15.8 Å². The van der Waals surface area contributed by atoms with E-state index in [1.807, 2.05) is 18.2 Å². The molecule has 3 N–H and O–H groups in total. The molecule has 27 heavy (non-hydrogen) atoms. The Morgan fingerprint density at radius 2 is 2.15 bits per heavy atom. The van der Waals surface area contributed by atoms with Gasteiger partial charge in [-0.2, -0.15) is 0 Å². The highest BCUT2D eigenvalue weighted by molar-refractivity contribution is 7.93. The minimum Gasteiger partial charge on any atom is -0.497 e. The second-order valence-electron chi connectivity index (χ2n) is 6.09. The zero-order valence-corrected chi connectivity index (χ0v) is 15.7. The zero-order valence-electron chi connectivity index (χ0n) is 14.9. The van der Waals surface area contributed by atoms with Crippen LogP contribution in [-0.4, -0.2) is 33.8 Å². The van der Waals surface area contributed by atoms with Gasteiger partial charge in [0.05, 0.1) is 25.1 Å². The molecule has 1 fully saturated rings. The first-order chi connectivity index (χ1) is 12.9. The van der Waals surface area contributed by atoms with E-state index in [2.05, 4.69) is 10.3 Å². The monoisotopic (exact) mass is 392 g/mol.